The molecule has 1 atom stereocenters. The minimum atomic E-state index is -1.29. The quantitative estimate of drug-likeness (QED) is 0.570. The molecule has 0 bridgehead atoms. The van der Waals surface area contributed by atoms with Gasteiger partial charge in [-0.3, -0.25) is 4.79 Å². The molecule has 2 aromatic rings. The first-order chi connectivity index (χ1) is 14.8. The van der Waals surface area contributed by atoms with E-state index in [2.05, 4.69) is 6.92 Å². The molecule has 0 aromatic heterocycles. The van der Waals surface area contributed by atoms with Crippen LogP contribution in [0.3, 0.4) is 0 Å². The number of aromatic carboxylic acids is 1. The smallest absolute Gasteiger partial charge is 0.336 e. The monoisotopic (exact) mass is 424 g/mol. The number of carbonyl (C=O) groups is 2. The van der Waals surface area contributed by atoms with E-state index in [9.17, 15) is 24.9 Å². The number of carboxylic acids is 1. The van der Waals surface area contributed by atoms with Crippen molar-refractivity contribution in [2.45, 2.75) is 38.7 Å². The Bertz CT molecular complexity index is 1040. The Morgan fingerprint density at radius 1 is 1.13 bits per heavy atom. The summed E-state index contributed by atoms with van der Waals surface area (Å²) in [4.78, 5) is 24.0. The molecule has 2 aliphatic rings. The Labute approximate surface area is 179 Å². The number of fused-ring (bicyclic) bond motifs is 1. The zero-order valence-electron chi connectivity index (χ0n) is 17.1. The van der Waals surface area contributed by atoms with E-state index in [0.29, 0.717) is 30.5 Å². The van der Waals surface area contributed by atoms with Gasteiger partial charge in [-0.15, -0.1) is 0 Å². The van der Waals surface area contributed by atoms with Crippen molar-refractivity contribution in [3.63, 3.8) is 0 Å². The SMILES string of the molecule is CC1CC(=C(O)CCOc2ccc(C3CC(=O)c4c(cc(O)cc4C(=O)O)O3)cc2)C1. The number of phenolic OH excluding ortho intramolecular Hbond substituents is 1. The molecule has 1 fully saturated rings. The number of carbonyl (C=O) groups excluding carboxylic acids is 1. The highest BCUT2D eigenvalue weighted by Gasteiger charge is 2.32. The number of rotatable bonds is 6. The maximum absolute atomic E-state index is 12.6. The van der Waals surface area contributed by atoms with E-state index in [-0.39, 0.29) is 34.8 Å². The van der Waals surface area contributed by atoms with E-state index in [4.69, 9.17) is 9.47 Å². The molecule has 2 aromatic carbocycles. The predicted octanol–water partition coefficient (Wildman–Crippen LogP) is 4.81. The number of benzene rings is 2. The van der Waals surface area contributed by atoms with Gasteiger partial charge in [0.25, 0.3) is 0 Å². The first-order valence-corrected chi connectivity index (χ1v) is 10.2. The summed E-state index contributed by atoms with van der Waals surface area (Å²) < 4.78 is 11.5. The number of aliphatic hydroxyl groups excluding tert-OH is 1. The normalized spacial score (nSPS) is 19.8. The van der Waals surface area contributed by atoms with Crippen LogP contribution in [0.5, 0.6) is 17.2 Å². The van der Waals surface area contributed by atoms with Crippen LogP contribution in [0, 0.1) is 5.92 Å². The Balaban J connectivity index is 1.41. The van der Waals surface area contributed by atoms with Gasteiger partial charge < -0.3 is 24.8 Å². The van der Waals surface area contributed by atoms with Gasteiger partial charge in [-0.25, -0.2) is 4.79 Å². The van der Waals surface area contributed by atoms with Crippen molar-refractivity contribution in [1.29, 1.82) is 0 Å². The number of allylic oxidation sites excluding steroid dienone is 1. The third-order valence-corrected chi connectivity index (χ3v) is 5.69. The molecule has 162 valence electrons. The van der Waals surface area contributed by atoms with E-state index in [1.54, 1.807) is 24.3 Å². The molecule has 31 heavy (non-hydrogen) atoms. The standard InChI is InChI=1S/C24H24O7/c1-13-8-15(9-13)19(26)6-7-30-17-4-2-14(3-5-17)21-12-20(27)23-18(24(28)29)10-16(25)11-22(23)31-21/h2-5,10-11,13,21,25-26H,6-9,12H2,1H3,(H,28,29). The molecule has 1 aliphatic carbocycles. The van der Waals surface area contributed by atoms with Gasteiger partial charge in [0.1, 0.15) is 23.4 Å². The van der Waals surface area contributed by atoms with Gasteiger partial charge in [0.15, 0.2) is 5.78 Å². The fourth-order valence-electron chi connectivity index (χ4n) is 4.04. The first-order valence-electron chi connectivity index (χ1n) is 10.2. The molecule has 1 heterocycles. The lowest BCUT2D eigenvalue weighted by Crippen LogP contribution is -2.23. The third kappa shape index (κ3) is 4.35. The number of ketones is 1. The molecule has 0 spiro atoms. The summed E-state index contributed by atoms with van der Waals surface area (Å²) in [5, 5.41) is 29.2. The van der Waals surface area contributed by atoms with Crippen molar-refractivity contribution in [3.8, 4) is 17.2 Å². The van der Waals surface area contributed by atoms with Crippen LogP contribution < -0.4 is 9.47 Å². The zero-order valence-corrected chi connectivity index (χ0v) is 17.1. The molecular weight excluding hydrogens is 400 g/mol. The minimum absolute atomic E-state index is 0.00186. The molecule has 1 saturated carbocycles. The van der Waals surface area contributed by atoms with Crippen LogP contribution in [0.4, 0.5) is 0 Å². The Hall–Kier alpha value is -3.48. The van der Waals surface area contributed by atoms with E-state index >= 15 is 0 Å². The molecule has 3 N–H and O–H groups in total. The first kappa shape index (κ1) is 20.8. The average Bonchev–Trinajstić information content (AvgIpc) is 2.70. The second-order valence-corrected chi connectivity index (χ2v) is 8.14. The summed E-state index contributed by atoms with van der Waals surface area (Å²) in [5.41, 5.74) is 1.57. The number of hydrogen-bond donors (Lipinski definition) is 3. The molecule has 7 nitrogen and oxygen atoms in total. The average molecular weight is 424 g/mol. The lowest BCUT2D eigenvalue weighted by Gasteiger charge is -2.27. The summed E-state index contributed by atoms with van der Waals surface area (Å²) in [5.74, 6) is -0.152. The lowest BCUT2D eigenvalue weighted by molar-refractivity contribution is 0.0680. The van der Waals surface area contributed by atoms with Crippen molar-refractivity contribution in [2.75, 3.05) is 6.61 Å². The van der Waals surface area contributed by atoms with Gasteiger partial charge in [0.2, 0.25) is 0 Å². The Kier molecular flexibility index (Phi) is 5.59. The van der Waals surface area contributed by atoms with Gasteiger partial charge in [-0.1, -0.05) is 19.1 Å². The summed E-state index contributed by atoms with van der Waals surface area (Å²) in [6.07, 6.45) is 1.78. The van der Waals surface area contributed by atoms with Crippen LogP contribution in [0.2, 0.25) is 0 Å². The van der Waals surface area contributed by atoms with Crippen LogP contribution in [-0.4, -0.2) is 33.7 Å². The highest BCUT2D eigenvalue weighted by molar-refractivity contribution is 6.09. The fraction of sp³-hybridized carbons (Fsp3) is 0.333. The molecule has 0 amide bonds. The third-order valence-electron chi connectivity index (χ3n) is 5.69. The summed E-state index contributed by atoms with van der Waals surface area (Å²) in [6.45, 7) is 2.52. The maximum Gasteiger partial charge on any atom is 0.336 e. The predicted molar refractivity (Wildman–Crippen MR) is 112 cm³/mol. The van der Waals surface area contributed by atoms with Crippen LogP contribution >= 0.6 is 0 Å². The van der Waals surface area contributed by atoms with Crippen LogP contribution in [-0.2, 0) is 0 Å². The van der Waals surface area contributed by atoms with E-state index < -0.39 is 12.1 Å². The number of carboxylic acid groups (broad SMARTS) is 1. The van der Waals surface area contributed by atoms with Crippen LogP contribution in [0.25, 0.3) is 0 Å². The molecule has 0 saturated heterocycles. The van der Waals surface area contributed by atoms with Gasteiger partial charge in [-0.2, -0.15) is 0 Å². The van der Waals surface area contributed by atoms with Crippen molar-refractivity contribution >= 4 is 11.8 Å². The van der Waals surface area contributed by atoms with E-state index in [1.165, 1.54) is 6.07 Å². The Morgan fingerprint density at radius 3 is 2.48 bits per heavy atom. The van der Waals surface area contributed by atoms with Crippen LogP contribution in [0.15, 0.2) is 47.7 Å². The number of Topliss-reactive ketones (excluding diaryl/α,β-unsaturated/α-hetero) is 1. The summed E-state index contributed by atoms with van der Waals surface area (Å²) in [7, 11) is 0. The summed E-state index contributed by atoms with van der Waals surface area (Å²) in [6, 6.07) is 9.40. The largest absolute Gasteiger partial charge is 0.512 e. The molecule has 1 unspecified atom stereocenters. The van der Waals surface area contributed by atoms with E-state index in [0.717, 1.165) is 30.0 Å². The minimum Gasteiger partial charge on any atom is -0.512 e. The summed E-state index contributed by atoms with van der Waals surface area (Å²) >= 11 is 0. The van der Waals surface area contributed by atoms with E-state index in [1.807, 2.05) is 0 Å². The van der Waals surface area contributed by atoms with Gasteiger partial charge in [-0.05, 0) is 48.1 Å². The van der Waals surface area contributed by atoms with Gasteiger partial charge in [0.05, 0.1) is 29.9 Å². The molecule has 4 rings (SSSR count). The van der Waals surface area contributed by atoms with Crippen molar-refractivity contribution in [1.82, 2.24) is 0 Å². The highest BCUT2D eigenvalue weighted by atomic mass is 16.5. The van der Waals surface area contributed by atoms with Crippen molar-refractivity contribution in [3.05, 3.63) is 64.4 Å². The molecular formula is C24H24O7. The highest BCUT2D eigenvalue weighted by Crippen LogP contribution is 2.39. The number of hydrogen-bond acceptors (Lipinski definition) is 6. The van der Waals surface area contributed by atoms with Crippen molar-refractivity contribution < 1.29 is 34.4 Å². The van der Waals surface area contributed by atoms with Gasteiger partial charge >= 0.3 is 5.97 Å². The molecule has 1 aliphatic heterocycles. The second kappa shape index (κ2) is 8.34. The Morgan fingerprint density at radius 2 is 1.84 bits per heavy atom. The molecule has 7 heteroatoms. The number of ether oxygens (including phenoxy) is 2. The zero-order chi connectivity index (χ0) is 22.1. The van der Waals surface area contributed by atoms with Gasteiger partial charge in [0, 0.05) is 12.5 Å². The second-order valence-electron chi connectivity index (χ2n) is 8.14. The topological polar surface area (TPSA) is 113 Å². The number of phenols is 1. The van der Waals surface area contributed by atoms with Crippen molar-refractivity contribution in [2.24, 2.45) is 5.92 Å². The molecule has 0 radical (unpaired) electrons. The number of aliphatic hydroxyl groups is 1. The maximum atomic E-state index is 12.6. The fourth-order valence-corrected chi connectivity index (χ4v) is 4.04. The van der Waals surface area contributed by atoms with Crippen LogP contribution in [0.1, 0.15) is 65.0 Å². The lowest BCUT2D eigenvalue weighted by atomic mass is 9.80. The number of aromatic hydroxyl groups is 1.